The van der Waals surface area contributed by atoms with Crippen molar-refractivity contribution in [3.8, 4) is 5.75 Å². The molecule has 1 unspecified atom stereocenters. The molecule has 7 rings (SSSR count). The molecule has 0 radical (unpaired) electrons. The molecular weight excluding hydrogens is 446 g/mol. The summed E-state index contributed by atoms with van der Waals surface area (Å²) < 4.78 is 9.65. The van der Waals surface area contributed by atoms with Crippen LogP contribution in [0.4, 0.5) is 5.69 Å². The zero-order valence-electron chi connectivity index (χ0n) is 19.6. The zero-order chi connectivity index (χ0) is 23.2. The molecule has 3 heterocycles. The molecule has 4 aromatic carbocycles. The minimum atomic E-state index is -0.668. The van der Waals surface area contributed by atoms with Crippen molar-refractivity contribution >= 4 is 43.3 Å². The first-order valence-corrected chi connectivity index (χ1v) is 13.4. The number of fused-ring (bicyclic) bond motifs is 5. The second-order valence-electron chi connectivity index (χ2n) is 9.59. The van der Waals surface area contributed by atoms with Gasteiger partial charge < -0.3 is 9.64 Å². The van der Waals surface area contributed by atoms with Gasteiger partial charge in [0, 0.05) is 50.9 Å². The average Bonchev–Trinajstić information content (AvgIpc) is 3.33. The molecule has 0 aliphatic carbocycles. The van der Waals surface area contributed by atoms with E-state index in [2.05, 4.69) is 108 Å². The van der Waals surface area contributed by atoms with Crippen LogP contribution in [0.5, 0.6) is 5.75 Å². The number of nitrogens with zero attached hydrogens (tertiary/aromatic N) is 1. The van der Waals surface area contributed by atoms with E-state index in [1.807, 2.05) is 11.3 Å². The number of anilines is 1. The molecule has 5 aromatic rings. The van der Waals surface area contributed by atoms with Crippen molar-refractivity contribution in [3.63, 3.8) is 0 Å². The number of hydrogen-bond donors (Lipinski definition) is 0. The smallest absolute Gasteiger partial charge is 0.178 e. The summed E-state index contributed by atoms with van der Waals surface area (Å²) in [6.45, 7) is 2.30. The summed E-state index contributed by atoms with van der Waals surface area (Å²) in [6.07, 6.45) is 8.39. The number of piperidine rings is 1. The first-order chi connectivity index (χ1) is 17.3. The van der Waals surface area contributed by atoms with E-state index in [0.717, 1.165) is 35.5 Å². The number of hydrogen-bond acceptors (Lipinski definition) is 3. The fraction of sp³-hybridized carbons (Fsp3) is 0.188. The molecule has 0 bridgehead atoms. The molecule has 1 saturated heterocycles. The van der Waals surface area contributed by atoms with Gasteiger partial charge in [-0.1, -0.05) is 78.9 Å². The zero-order valence-corrected chi connectivity index (χ0v) is 20.4. The summed E-state index contributed by atoms with van der Waals surface area (Å²) in [5.41, 5.74) is 4.08. The second-order valence-corrected chi connectivity index (χ2v) is 10.6. The SMILES string of the molecule is C1=CC(c2ccccc2)(c2ccc(N3CCCCC3)cc2)Oc2c1ccc1c2sc2ccccc21. The highest BCUT2D eigenvalue weighted by atomic mass is 32.1. The lowest BCUT2D eigenvalue weighted by Crippen LogP contribution is -2.34. The van der Waals surface area contributed by atoms with Gasteiger partial charge in [-0.15, -0.1) is 11.3 Å². The lowest BCUT2D eigenvalue weighted by Gasteiger charge is -2.37. The molecule has 0 spiro atoms. The molecule has 1 atom stereocenters. The Morgan fingerprint density at radius 2 is 1.43 bits per heavy atom. The fourth-order valence-electron chi connectivity index (χ4n) is 5.65. The van der Waals surface area contributed by atoms with E-state index >= 15 is 0 Å². The van der Waals surface area contributed by atoms with Gasteiger partial charge in [-0.05, 0) is 43.5 Å². The molecule has 2 aliphatic heterocycles. The van der Waals surface area contributed by atoms with Crippen LogP contribution >= 0.6 is 11.3 Å². The second kappa shape index (κ2) is 8.28. The third-order valence-corrected chi connectivity index (χ3v) is 8.70. The summed E-state index contributed by atoms with van der Waals surface area (Å²) >= 11 is 1.82. The minimum absolute atomic E-state index is 0.668. The Balaban J connectivity index is 1.38. The average molecular weight is 474 g/mol. The molecule has 0 saturated carbocycles. The van der Waals surface area contributed by atoms with E-state index in [9.17, 15) is 0 Å². The monoisotopic (exact) mass is 473 g/mol. The van der Waals surface area contributed by atoms with Crippen molar-refractivity contribution in [2.45, 2.75) is 24.9 Å². The number of thiophene rings is 1. The summed E-state index contributed by atoms with van der Waals surface area (Å²) in [5.74, 6) is 0.982. The molecule has 0 N–H and O–H groups in total. The van der Waals surface area contributed by atoms with Gasteiger partial charge in [-0.3, -0.25) is 0 Å². The largest absolute Gasteiger partial charge is 0.472 e. The Morgan fingerprint density at radius 3 is 2.26 bits per heavy atom. The standard InChI is InChI=1S/C32H27NOS/c1-3-9-24(10-4-1)32(25-14-16-26(17-15-25)33-21-7-2-8-22-33)20-19-23-13-18-28-27-11-5-6-12-29(27)35-31(28)30(23)34-32/h1,3-6,9-20H,2,7-8,21-22H2. The molecule has 2 nitrogen and oxygen atoms in total. The van der Waals surface area contributed by atoms with Crippen molar-refractivity contribution in [1.29, 1.82) is 0 Å². The van der Waals surface area contributed by atoms with E-state index in [0.29, 0.717) is 0 Å². The Labute approximate surface area is 210 Å². The predicted molar refractivity (Wildman–Crippen MR) is 149 cm³/mol. The van der Waals surface area contributed by atoms with Gasteiger partial charge >= 0.3 is 0 Å². The molecule has 3 heteroatoms. The van der Waals surface area contributed by atoms with Crippen LogP contribution in [0.1, 0.15) is 36.0 Å². The van der Waals surface area contributed by atoms with Crippen LogP contribution in [0.25, 0.3) is 26.2 Å². The lowest BCUT2D eigenvalue weighted by atomic mass is 9.83. The number of benzene rings is 4. The van der Waals surface area contributed by atoms with Crippen molar-refractivity contribution in [1.82, 2.24) is 0 Å². The first-order valence-electron chi connectivity index (χ1n) is 12.6. The van der Waals surface area contributed by atoms with Crippen LogP contribution in [0.2, 0.25) is 0 Å². The van der Waals surface area contributed by atoms with Crippen LogP contribution in [-0.4, -0.2) is 13.1 Å². The Hall–Kier alpha value is -3.56. The Kier molecular flexibility index (Phi) is 4.92. The van der Waals surface area contributed by atoms with Crippen molar-refractivity contribution in [2.24, 2.45) is 0 Å². The minimum Gasteiger partial charge on any atom is -0.472 e. The van der Waals surface area contributed by atoms with Gasteiger partial charge in [0.1, 0.15) is 5.75 Å². The van der Waals surface area contributed by atoms with Crippen molar-refractivity contribution < 1.29 is 4.74 Å². The highest BCUT2D eigenvalue weighted by Crippen LogP contribution is 2.48. The number of rotatable bonds is 3. The molecule has 0 amide bonds. The van der Waals surface area contributed by atoms with Gasteiger partial charge in [0.05, 0.1) is 4.70 Å². The third kappa shape index (κ3) is 3.37. The van der Waals surface area contributed by atoms with E-state index in [-0.39, 0.29) is 0 Å². The van der Waals surface area contributed by atoms with Crippen LogP contribution in [0.3, 0.4) is 0 Å². The molecule has 1 fully saturated rings. The van der Waals surface area contributed by atoms with Crippen LogP contribution < -0.4 is 9.64 Å². The predicted octanol–water partition coefficient (Wildman–Crippen LogP) is 8.39. The van der Waals surface area contributed by atoms with E-state index in [1.54, 1.807) is 0 Å². The maximum atomic E-state index is 7.13. The van der Waals surface area contributed by atoms with Crippen LogP contribution in [0, 0.1) is 0 Å². The molecular formula is C32H27NOS. The molecule has 35 heavy (non-hydrogen) atoms. The lowest BCUT2D eigenvalue weighted by molar-refractivity contribution is 0.164. The van der Waals surface area contributed by atoms with Crippen molar-refractivity contribution in [3.05, 3.63) is 114 Å². The van der Waals surface area contributed by atoms with Gasteiger partial charge in [0.15, 0.2) is 5.60 Å². The molecule has 1 aromatic heterocycles. The van der Waals surface area contributed by atoms with Gasteiger partial charge in [0.2, 0.25) is 0 Å². The highest BCUT2D eigenvalue weighted by molar-refractivity contribution is 7.26. The quantitative estimate of drug-likeness (QED) is 0.261. The fourth-order valence-corrected chi connectivity index (χ4v) is 6.85. The Bertz CT molecular complexity index is 1540. The van der Waals surface area contributed by atoms with Crippen LogP contribution in [-0.2, 0) is 5.60 Å². The van der Waals surface area contributed by atoms with E-state index in [4.69, 9.17) is 4.74 Å². The van der Waals surface area contributed by atoms with Gasteiger partial charge in [-0.25, -0.2) is 0 Å². The summed E-state index contributed by atoms with van der Waals surface area (Å²) in [5, 5.41) is 2.56. The highest BCUT2D eigenvalue weighted by Gasteiger charge is 2.38. The van der Waals surface area contributed by atoms with Crippen molar-refractivity contribution in [2.75, 3.05) is 18.0 Å². The van der Waals surface area contributed by atoms with Gasteiger partial charge in [-0.2, -0.15) is 0 Å². The van der Waals surface area contributed by atoms with Crippen LogP contribution in [0.15, 0.2) is 97.1 Å². The molecule has 172 valence electrons. The summed E-state index contributed by atoms with van der Waals surface area (Å²) in [4.78, 5) is 2.51. The maximum Gasteiger partial charge on any atom is 0.178 e. The normalized spacial score (nSPS) is 19.6. The first kappa shape index (κ1) is 20.8. The third-order valence-electron chi connectivity index (χ3n) is 7.51. The van der Waals surface area contributed by atoms with Gasteiger partial charge in [0.25, 0.3) is 0 Å². The summed E-state index contributed by atoms with van der Waals surface area (Å²) in [6, 6.07) is 32.8. The van der Waals surface area contributed by atoms with E-state index < -0.39 is 5.60 Å². The summed E-state index contributed by atoms with van der Waals surface area (Å²) in [7, 11) is 0. The number of ether oxygens (including phenoxy) is 1. The molecule has 2 aliphatic rings. The van der Waals surface area contributed by atoms with E-state index in [1.165, 1.54) is 45.1 Å². The topological polar surface area (TPSA) is 12.5 Å². The Morgan fingerprint density at radius 1 is 0.686 bits per heavy atom. The maximum absolute atomic E-state index is 7.13.